The minimum Gasteiger partial charge on any atom is -0.378 e. The van der Waals surface area contributed by atoms with E-state index < -0.39 is 8.07 Å². The second-order valence-electron chi connectivity index (χ2n) is 9.74. The van der Waals surface area contributed by atoms with Crippen LogP contribution in [0, 0.1) is 5.92 Å². The van der Waals surface area contributed by atoms with Crippen molar-refractivity contribution in [3.8, 4) is 0 Å². The average Bonchev–Trinajstić information content (AvgIpc) is 2.57. The van der Waals surface area contributed by atoms with Crippen LogP contribution in [0.2, 0.25) is 25.7 Å². The molecule has 1 saturated heterocycles. The third kappa shape index (κ3) is 13.1. The Morgan fingerprint density at radius 1 is 0.760 bits per heavy atom. The molecular formula is C23H48OSi. The van der Waals surface area contributed by atoms with Gasteiger partial charge in [0, 0.05) is 14.7 Å². The zero-order chi connectivity index (χ0) is 18.4. The molecule has 0 N–H and O–H groups in total. The van der Waals surface area contributed by atoms with Gasteiger partial charge in [-0.05, 0) is 31.6 Å². The lowest BCUT2D eigenvalue weighted by Gasteiger charge is -2.32. The van der Waals surface area contributed by atoms with Gasteiger partial charge < -0.3 is 4.74 Å². The fourth-order valence-corrected chi connectivity index (χ4v) is 5.58. The molecule has 1 aliphatic rings. The maximum atomic E-state index is 6.16. The zero-order valence-corrected chi connectivity index (χ0v) is 19.1. The Morgan fingerprint density at radius 2 is 1.36 bits per heavy atom. The molecule has 2 atom stereocenters. The molecule has 1 rings (SSSR count). The van der Waals surface area contributed by atoms with Crippen LogP contribution in [0.15, 0.2) is 0 Å². The van der Waals surface area contributed by atoms with Crippen molar-refractivity contribution in [3.63, 3.8) is 0 Å². The standard InChI is InChI=1S/C23H48OSi/c1-5-6-7-8-11-14-19-23-22(18-16-20-24-23)17-13-10-9-12-15-21-25(2,3)4/h22-23H,5-21H2,1-4H3/t22-,23+/m0/s1. The van der Waals surface area contributed by atoms with Crippen LogP contribution in [0.5, 0.6) is 0 Å². The van der Waals surface area contributed by atoms with Crippen LogP contribution in [0.4, 0.5) is 0 Å². The Labute approximate surface area is 160 Å². The van der Waals surface area contributed by atoms with Crippen molar-refractivity contribution in [2.45, 2.75) is 135 Å². The molecule has 0 aromatic carbocycles. The minimum atomic E-state index is -0.802. The highest BCUT2D eigenvalue weighted by molar-refractivity contribution is 6.76. The maximum Gasteiger partial charge on any atom is 0.0603 e. The van der Waals surface area contributed by atoms with E-state index in [1.807, 2.05) is 0 Å². The van der Waals surface area contributed by atoms with Gasteiger partial charge in [0.15, 0.2) is 0 Å². The molecule has 0 aliphatic carbocycles. The highest BCUT2D eigenvalue weighted by Gasteiger charge is 2.24. The SMILES string of the molecule is CCCCCCCC[C@H]1OCCC[C@@H]1CCCCCCC[Si](C)(C)C. The quantitative estimate of drug-likeness (QED) is 0.209. The lowest BCUT2D eigenvalue weighted by molar-refractivity contribution is -0.0352. The lowest BCUT2D eigenvalue weighted by atomic mass is 9.86. The van der Waals surface area contributed by atoms with Crippen molar-refractivity contribution < 1.29 is 4.74 Å². The molecular weight excluding hydrogens is 320 g/mol. The molecule has 2 heteroatoms. The molecule has 1 heterocycles. The summed E-state index contributed by atoms with van der Waals surface area (Å²) in [7, 11) is -0.802. The van der Waals surface area contributed by atoms with Gasteiger partial charge in [-0.25, -0.2) is 0 Å². The van der Waals surface area contributed by atoms with Gasteiger partial charge in [0.05, 0.1) is 6.10 Å². The topological polar surface area (TPSA) is 9.23 Å². The molecule has 0 amide bonds. The van der Waals surface area contributed by atoms with Crippen LogP contribution >= 0.6 is 0 Å². The number of rotatable bonds is 15. The molecule has 0 aromatic rings. The van der Waals surface area contributed by atoms with Crippen LogP contribution in [0.25, 0.3) is 0 Å². The van der Waals surface area contributed by atoms with Gasteiger partial charge in [-0.3, -0.25) is 0 Å². The van der Waals surface area contributed by atoms with E-state index in [0.717, 1.165) is 12.5 Å². The zero-order valence-electron chi connectivity index (χ0n) is 18.1. The van der Waals surface area contributed by atoms with E-state index in [1.54, 1.807) is 0 Å². The normalized spacial score (nSPS) is 21.6. The molecule has 1 aliphatic heterocycles. The van der Waals surface area contributed by atoms with Crippen molar-refractivity contribution in [1.82, 2.24) is 0 Å². The van der Waals surface area contributed by atoms with Gasteiger partial charge in [0.25, 0.3) is 0 Å². The summed E-state index contributed by atoms with van der Waals surface area (Å²) >= 11 is 0. The van der Waals surface area contributed by atoms with E-state index in [-0.39, 0.29) is 0 Å². The molecule has 25 heavy (non-hydrogen) atoms. The fraction of sp³-hybridized carbons (Fsp3) is 1.00. The summed E-state index contributed by atoms with van der Waals surface area (Å²) in [6, 6.07) is 1.52. The monoisotopic (exact) mass is 368 g/mol. The van der Waals surface area contributed by atoms with Crippen LogP contribution in [-0.4, -0.2) is 20.8 Å². The minimum absolute atomic E-state index is 0.590. The second kappa shape index (κ2) is 14.3. The fourth-order valence-electron chi connectivity index (χ4n) is 4.27. The van der Waals surface area contributed by atoms with Crippen molar-refractivity contribution in [1.29, 1.82) is 0 Å². The summed E-state index contributed by atoms with van der Waals surface area (Å²) in [5, 5.41) is 0. The first kappa shape index (κ1) is 23.2. The summed E-state index contributed by atoms with van der Waals surface area (Å²) in [4.78, 5) is 0. The third-order valence-electron chi connectivity index (χ3n) is 5.92. The summed E-state index contributed by atoms with van der Waals surface area (Å²) in [6.07, 6.45) is 21.8. The molecule has 150 valence electrons. The molecule has 0 saturated carbocycles. The largest absolute Gasteiger partial charge is 0.378 e. The molecule has 0 unspecified atom stereocenters. The summed E-state index contributed by atoms with van der Waals surface area (Å²) in [5.74, 6) is 0.867. The molecule has 0 bridgehead atoms. The summed E-state index contributed by atoms with van der Waals surface area (Å²) in [5.41, 5.74) is 0. The number of hydrogen-bond acceptors (Lipinski definition) is 1. The molecule has 0 aromatic heterocycles. The van der Waals surface area contributed by atoms with Gasteiger partial charge in [-0.15, -0.1) is 0 Å². The predicted octanol–water partition coefficient (Wildman–Crippen LogP) is 8.21. The first-order chi connectivity index (χ1) is 12.0. The Bertz CT molecular complexity index is 297. The Balaban J connectivity index is 2.05. The first-order valence-electron chi connectivity index (χ1n) is 11.6. The van der Waals surface area contributed by atoms with Crippen LogP contribution < -0.4 is 0 Å². The number of hydrogen-bond donors (Lipinski definition) is 0. The summed E-state index contributed by atoms with van der Waals surface area (Å²) < 4.78 is 6.16. The number of unbranched alkanes of at least 4 members (excludes halogenated alkanes) is 9. The summed E-state index contributed by atoms with van der Waals surface area (Å²) in [6.45, 7) is 10.8. The highest BCUT2D eigenvalue weighted by atomic mass is 28.3. The molecule has 1 nitrogen and oxygen atoms in total. The Morgan fingerprint density at radius 3 is 2.04 bits per heavy atom. The van der Waals surface area contributed by atoms with Crippen molar-refractivity contribution in [2.75, 3.05) is 6.61 Å². The van der Waals surface area contributed by atoms with Gasteiger partial charge in [-0.2, -0.15) is 0 Å². The average molecular weight is 369 g/mol. The molecule has 0 spiro atoms. The van der Waals surface area contributed by atoms with Gasteiger partial charge in [0.2, 0.25) is 0 Å². The van der Waals surface area contributed by atoms with Gasteiger partial charge in [0.1, 0.15) is 0 Å². The van der Waals surface area contributed by atoms with E-state index in [2.05, 4.69) is 26.6 Å². The van der Waals surface area contributed by atoms with Crippen LogP contribution in [0.3, 0.4) is 0 Å². The molecule has 0 radical (unpaired) electrons. The smallest absolute Gasteiger partial charge is 0.0603 e. The van der Waals surface area contributed by atoms with E-state index >= 15 is 0 Å². The van der Waals surface area contributed by atoms with Crippen LogP contribution in [-0.2, 0) is 4.74 Å². The van der Waals surface area contributed by atoms with Crippen molar-refractivity contribution >= 4 is 8.07 Å². The van der Waals surface area contributed by atoms with Crippen molar-refractivity contribution in [2.24, 2.45) is 5.92 Å². The first-order valence-corrected chi connectivity index (χ1v) is 15.4. The highest BCUT2D eigenvalue weighted by Crippen LogP contribution is 2.29. The maximum absolute atomic E-state index is 6.16. The lowest BCUT2D eigenvalue weighted by Crippen LogP contribution is -2.29. The Kier molecular flexibility index (Phi) is 13.2. The predicted molar refractivity (Wildman–Crippen MR) is 116 cm³/mol. The van der Waals surface area contributed by atoms with Gasteiger partial charge >= 0.3 is 0 Å². The van der Waals surface area contributed by atoms with E-state index in [9.17, 15) is 0 Å². The van der Waals surface area contributed by atoms with E-state index in [1.165, 1.54) is 102 Å². The van der Waals surface area contributed by atoms with Gasteiger partial charge in [-0.1, -0.05) is 103 Å². The third-order valence-corrected chi connectivity index (χ3v) is 7.77. The van der Waals surface area contributed by atoms with E-state index in [0.29, 0.717) is 6.10 Å². The number of ether oxygens (including phenoxy) is 1. The van der Waals surface area contributed by atoms with E-state index in [4.69, 9.17) is 4.74 Å². The second-order valence-corrected chi connectivity index (χ2v) is 15.4. The Hall–Kier alpha value is 0.177. The van der Waals surface area contributed by atoms with Crippen molar-refractivity contribution in [3.05, 3.63) is 0 Å². The van der Waals surface area contributed by atoms with Crippen LogP contribution in [0.1, 0.15) is 103 Å². The molecule has 1 fully saturated rings.